The summed E-state index contributed by atoms with van der Waals surface area (Å²) in [4.78, 5) is 12.2. The number of amides is 1. The third kappa shape index (κ3) is 2.73. The van der Waals surface area contributed by atoms with E-state index in [4.69, 9.17) is 0 Å². The minimum Gasteiger partial charge on any atom is -0.331 e. The number of nitrogens with one attached hydrogen (secondary N) is 1. The van der Waals surface area contributed by atoms with Gasteiger partial charge in [-0.25, -0.2) is 21.9 Å². The minimum absolute atomic E-state index is 0.123. The number of hydrogen-bond donors (Lipinski definition) is 1. The number of hydrogen-bond acceptors (Lipinski definition) is 4. The number of sulfonamides is 1. The number of carbonyl (C=O) groups excluding carboxylic acids is 1. The zero-order chi connectivity index (χ0) is 16.8. The molecule has 9 heteroatoms. The Bertz CT molecular complexity index is 1020. The molecule has 0 aliphatic rings. The Morgan fingerprint density at radius 3 is 2.61 bits per heavy atom. The molecule has 0 aliphatic heterocycles. The van der Waals surface area contributed by atoms with E-state index in [-0.39, 0.29) is 5.69 Å². The van der Waals surface area contributed by atoms with Gasteiger partial charge in [0.25, 0.3) is 15.9 Å². The fraction of sp³-hybridized carbons (Fsp3) is 0.0714. The van der Waals surface area contributed by atoms with Crippen LogP contribution in [0, 0.1) is 11.6 Å². The molecular weight excluding hydrogens is 346 g/mol. The first-order valence-corrected chi connectivity index (χ1v) is 8.71. The van der Waals surface area contributed by atoms with Crippen LogP contribution < -0.4 is 4.72 Å². The molecule has 23 heavy (non-hydrogen) atoms. The van der Waals surface area contributed by atoms with Gasteiger partial charge in [-0.3, -0.25) is 4.79 Å². The largest absolute Gasteiger partial charge is 0.331 e. The number of rotatable bonds is 3. The first-order chi connectivity index (χ1) is 10.8. The Kier molecular flexibility index (Phi) is 3.69. The van der Waals surface area contributed by atoms with Gasteiger partial charge in [0, 0.05) is 18.5 Å². The van der Waals surface area contributed by atoms with Crippen molar-refractivity contribution in [3.05, 3.63) is 53.0 Å². The van der Waals surface area contributed by atoms with Crippen LogP contribution in [0.3, 0.4) is 0 Å². The predicted molar refractivity (Wildman–Crippen MR) is 81.8 cm³/mol. The molecule has 0 saturated carbocycles. The van der Waals surface area contributed by atoms with Crippen molar-refractivity contribution in [3.8, 4) is 0 Å². The van der Waals surface area contributed by atoms with E-state index in [0.717, 1.165) is 22.3 Å². The Morgan fingerprint density at radius 1 is 1.22 bits per heavy atom. The van der Waals surface area contributed by atoms with E-state index >= 15 is 0 Å². The van der Waals surface area contributed by atoms with E-state index in [1.54, 1.807) is 22.4 Å². The van der Waals surface area contributed by atoms with Crippen molar-refractivity contribution in [2.45, 2.75) is 4.90 Å². The van der Waals surface area contributed by atoms with Gasteiger partial charge in [-0.1, -0.05) is 0 Å². The quantitative estimate of drug-likeness (QED) is 0.784. The lowest BCUT2D eigenvalue weighted by Gasteiger charge is -2.08. The number of nitrogens with zero attached hydrogens (tertiary/aromatic N) is 1. The molecule has 0 bridgehead atoms. The molecule has 3 aromatic rings. The van der Waals surface area contributed by atoms with Gasteiger partial charge in [-0.15, -0.1) is 11.3 Å². The van der Waals surface area contributed by atoms with E-state index in [2.05, 4.69) is 0 Å². The molecule has 0 saturated heterocycles. The molecule has 1 aromatic carbocycles. The highest BCUT2D eigenvalue weighted by atomic mass is 32.2. The van der Waals surface area contributed by atoms with E-state index in [1.807, 2.05) is 5.38 Å². The monoisotopic (exact) mass is 356 g/mol. The van der Waals surface area contributed by atoms with Gasteiger partial charge in [0.1, 0.15) is 27.1 Å². The minimum atomic E-state index is -4.44. The Labute approximate surface area is 134 Å². The summed E-state index contributed by atoms with van der Waals surface area (Å²) in [5, 5.41) is 2.64. The van der Waals surface area contributed by atoms with Crippen LogP contribution in [0.4, 0.5) is 8.78 Å². The van der Waals surface area contributed by atoms with Crippen molar-refractivity contribution in [2.24, 2.45) is 7.05 Å². The molecule has 0 radical (unpaired) electrons. The maximum atomic E-state index is 13.6. The van der Waals surface area contributed by atoms with Crippen molar-refractivity contribution < 1.29 is 22.0 Å². The molecule has 0 unspecified atom stereocenters. The number of halogens is 2. The van der Waals surface area contributed by atoms with E-state index < -0.39 is 32.5 Å². The summed E-state index contributed by atoms with van der Waals surface area (Å²) in [6, 6.07) is 5.35. The molecule has 3 rings (SSSR count). The maximum absolute atomic E-state index is 13.6. The number of benzene rings is 1. The number of carbonyl (C=O) groups is 1. The Morgan fingerprint density at radius 2 is 1.96 bits per heavy atom. The maximum Gasteiger partial charge on any atom is 0.281 e. The third-order valence-corrected chi connectivity index (χ3v) is 5.64. The average Bonchev–Trinajstić information content (AvgIpc) is 3.01. The third-order valence-electron chi connectivity index (χ3n) is 3.28. The normalized spacial score (nSPS) is 11.8. The lowest BCUT2D eigenvalue weighted by Crippen LogP contribution is -2.32. The van der Waals surface area contributed by atoms with Gasteiger partial charge in [0.15, 0.2) is 0 Å². The molecule has 2 heterocycles. The molecule has 0 aliphatic carbocycles. The summed E-state index contributed by atoms with van der Waals surface area (Å²) in [7, 11) is -2.82. The Hall–Kier alpha value is -2.26. The highest BCUT2D eigenvalue weighted by molar-refractivity contribution is 7.90. The summed E-state index contributed by atoms with van der Waals surface area (Å²) in [6.45, 7) is 0. The summed E-state index contributed by atoms with van der Waals surface area (Å²) in [5.41, 5.74) is 0.123. The van der Waals surface area contributed by atoms with Gasteiger partial charge < -0.3 is 4.57 Å². The first-order valence-electron chi connectivity index (χ1n) is 6.35. The zero-order valence-corrected chi connectivity index (χ0v) is 13.3. The second kappa shape index (κ2) is 5.43. The van der Waals surface area contributed by atoms with Crippen LogP contribution in [0.2, 0.25) is 0 Å². The van der Waals surface area contributed by atoms with Crippen molar-refractivity contribution in [1.82, 2.24) is 9.29 Å². The van der Waals surface area contributed by atoms with Crippen molar-refractivity contribution in [3.63, 3.8) is 0 Å². The zero-order valence-electron chi connectivity index (χ0n) is 11.7. The number of aromatic nitrogens is 1. The van der Waals surface area contributed by atoms with Gasteiger partial charge in [0.05, 0.1) is 0 Å². The molecule has 0 spiro atoms. The number of fused-ring (bicyclic) bond motifs is 1. The van der Waals surface area contributed by atoms with Crippen LogP contribution >= 0.6 is 11.3 Å². The molecule has 1 amide bonds. The molecular formula is C14H10F2N2O3S2. The van der Waals surface area contributed by atoms with Crippen LogP contribution in [0.1, 0.15) is 10.5 Å². The molecule has 0 atom stereocenters. The summed E-state index contributed by atoms with van der Waals surface area (Å²) in [6.07, 6.45) is 0. The number of thiophene rings is 1. The topological polar surface area (TPSA) is 68.2 Å². The molecule has 5 nitrogen and oxygen atoms in total. The molecule has 120 valence electrons. The van der Waals surface area contributed by atoms with Crippen LogP contribution in [-0.4, -0.2) is 18.9 Å². The Balaban J connectivity index is 1.95. The summed E-state index contributed by atoms with van der Waals surface area (Å²) < 4.78 is 54.1. The highest BCUT2D eigenvalue weighted by Gasteiger charge is 2.24. The van der Waals surface area contributed by atoms with Crippen LogP contribution in [0.5, 0.6) is 0 Å². The number of aryl methyl sites for hydroxylation is 1. The summed E-state index contributed by atoms with van der Waals surface area (Å²) >= 11 is 1.40. The van der Waals surface area contributed by atoms with E-state index in [1.165, 1.54) is 17.4 Å². The summed E-state index contributed by atoms with van der Waals surface area (Å²) in [5.74, 6) is -3.06. The lowest BCUT2D eigenvalue weighted by atomic mass is 10.3. The van der Waals surface area contributed by atoms with Crippen LogP contribution in [-0.2, 0) is 17.1 Å². The second-order valence-electron chi connectivity index (χ2n) is 4.78. The van der Waals surface area contributed by atoms with Gasteiger partial charge in [0.2, 0.25) is 0 Å². The smallest absolute Gasteiger partial charge is 0.281 e. The van der Waals surface area contributed by atoms with Gasteiger partial charge >= 0.3 is 0 Å². The van der Waals surface area contributed by atoms with Crippen LogP contribution in [0.15, 0.2) is 40.6 Å². The predicted octanol–water partition coefficient (Wildman–Crippen LogP) is 2.64. The molecule has 1 N–H and O–H groups in total. The lowest BCUT2D eigenvalue weighted by molar-refractivity contribution is 0.0974. The van der Waals surface area contributed by atoms with Gasteiger partial charge in [-0.05, 0) is 29.6 Å². The van der Waals surface area contributed by atoms with Crippen LogP contribution in [0.25, 0.3) is 10.2 Å². The SMILES string of the molecule is Cn1c(C(=O)NS(=O)(=O)c2ccc(F)cc2F)cc2ccsc21. The van der Waals surface area contributed by atoms with Crippen molar-refractivity contribution in [1.29, 1.82) is 0 Å². The van der Waals surface area contributed by atoms with E-state index in [0.29, 0.717) is 6.07 Å². The first kappa shape index (κ1) is 15.6. The highest BCUT2D eigenvalue weighted by Crippen LogP contribution is 2.24. The second-order valence-corrected chi connectivity index (χ2v) is 7.32. The van der Waals surface area contributed by atoms with Crippen molar-refractivity contribution >= 4 is 37.5 Å². The van der Waals surface area contributed by atoms with Crippen molar-refractivity contribution in [2.75, 3.05) is 0 Å². The standard InChI is InChI=1S/C14H10F2N2O3S2/c1-18-11(6-8-4-5-22-14(8)18)13(19)17-23(20,21)12-3-2-9(15)7-10(12)16/h2-7H,1H3,(H,17,19). The fourth-order valence-corrected chi connectivity index (χ4v) is 4.07. The van der Waals surface area contributed by atoms with E-state index in [9.17, 15) is 22.0 Å². The fourth-order valence-electron chi connectivity index (χ4n) is 2.19. The molecule has 2 aromatic heterocycles. The van der Waals surface area contributed by atoms with Gasteiger partial charge in [-0.2, -0.15) is 0 Å². The average molecular weight is 356 g/mol. The molecule has 0 fully saturated rings.